The van der Waals surface area contributed by atoms with Crippen LogP contribution in [0.5, 0.6) is 5.75 Å². The Kier molecular flexibility index (Phi) is 5.59. The highest BCUT2D eigenvalue weighted by molar-refractivity contribution is 7.85. The predicted molar refractivity (Wildman–Crippen MR) is 80.7 cm³/mol. The average molecular weight is 311 g/mol. The first-order valence-electron chi connectivity index (χ1n) is 6.15. The number of hydrogen-bond acceptors (Lipinski definition) is 3. The zero-order valence-electron chi connectivity index (χ0n) is 10.7. The number of rotatable bonds is 6. The van der Waals surface area contributed by atoms with Crippen LogP contribution in [-0.4, -0.2) is 27.8 Å². The molecule has 0 spiro atoms. The molecule has 0 fully saturated rings. The number of aliphatic hydroxyl groups excluding tert-OH is 1. The Morgan fingerprint density at radius 3 is 2.40 bits per heavy atom. The highest BCUT2D eigenvalue weighted by Gasteiger charge is 2.12. The zero-order chi connectivity index (χ0) is 14.4. The van der Waals surface area contributed by atoms with Crippen molar-refractivity contribution in [1.29, 1.82) is 0 Å². The molecule has 2 atom stereocenters. The Morgan fingerprint density at radius 1 is 1.10 bits per heavy atom. The van der Waals surface area contributed by atoms with E-state index in [0.717, 1.165) is 0 Å². The van der Waals surface area contributed by atoms with Crippen molar-refractivity contribution in [2.75, 3.05) is 12.4 Å². The molecule has 20 heavy (non-hydrogen) atoms. The fourth-order valence-corrected chi connectivity index (χ4v) is 2.84. The van der Waals surface area contributed by atoms with Crippen molar-refractivity contribution >= 4 is 22.4 Å². The topological polar surface area (TPSA) is 46.5 Å². The summed E-state index contributed by atoms with van der Waals surface area (Å²) in [4.78, 5) is 0.707. The minimum Gasteiger partial charge on any atom is -0.491 e. The van der Waals surface area contributed by atoms with Crippen LogP contribution < -0.4 is 4.74 Å². The highest BCUT2D eigenvalue weighted by Crippen LogP contribution is 2.16. The Balaban J connectivity index is 1.82. The molecule has 0 heterocycles. The number of ether oxygens (including phenoxy) is 1. The largest absolute Gasteiger partial charge is 0.491 e. The first kappa shape index (κ1) is 15.0. The van der Waals surface area contributed by atoms with Crippen LogP contribution >= 0.6 is 11.6 Å². The van der Waals surface area contributed by atoms with Gasteiger partial charge >= 0.3 is 0 Å². The Labute approximate surface area is 125 Å². The van der Waals surface area contributed by atoms with Crippen LogP contribution in [0.3, 0.4) is 0 Å². The van der Waals surface area contributed by atoms with Crippen molar-refractivity contribution in [3.63, 3.8) is 0 Å². The lowest BCUT2D eigenvalue weighted by atomic mass is 10.3. The van der Waals surface area contributed by atoms with E-state index in [-0.39, 0.29) is 12.4 Å². The van der Waals surface area contributed by atoms with Crippen molar-refractivity contribution in [2.24, 2.45) is 0 Å². The van der Waals surface area contributed by atoms with E-state index in [2.05, 4.69) is 0 Å². The van der Waals surface area contributed by atoms with E-state index in [4.69, 9.17) is 16.3 Å². The van der Waals surface area contributed by atoms with Crippen LogP contribution in [0.1, 0.15) is 0 Å². The van der Waals surface area contributed by atoms with Crippen LogP contribution in [0.15, 0.2) is 59.5 Å². The molecule has 2 unspecified atom stereocenters. The number of hydrogen-bond donors (Lipinski definition) is 1. The van der Waals surface area contributed by atoms with Crippen molar-refractivity contribution < 1.29 is 14.1 Å². The third-order valence-electron chi connectivity index (χ3n) is 2.61. The van der Waals surface area contributed by atoms with E-state index >= 15 is 0 Å². The summed E-state index contributed by atoms with van der Waals surface area (Å²) in [5, 5.41) is 10.5. The molecule has 0 amide bonds. The second-order valence-corrected chi connectivity index (χ2v) is 6.18. The van der Waals surface area contributed by atoms with E-state index in [1.165, 1.54) is 0 Å². The summed E-state index contributed by atoms with van der Waals surface area (Å²) in [6.07, 6.45) is -0.785. The number of aliphatic hydroxyl groups is 1. The van der Waals surface area contributed by atoms with Gasteiger partial charge in [-0.25, -0.2) is 0 Å². The molecule has 2 aromatic rings. The normalized spacial score (nSPS) is 13.7. The molecule has 1 N–H and O–H groups in total. The lowest BCUT2D eigenvalue weighted by Crippen LogP contribution is -2.24. The Bertz CT molecular complexity index is 557. The smallest absolute Gasteiger partial charge is 0.119 e. The van der Waals surface area contributed by atoms with Gasteiger partial charge in [0.2, 0.25) is 0 Å². The van der Waals surface area contributed by atoms with Gasteiger partial charge in [0.05, 0.1) is 22.7 Å². The minimum absolute atomic E-state index is 0.0974. The summed E-state index contributed by atoms with van der Waals surface area (Å²) in [5.74, 6) is 0.774. The second kappa shape index (κ2) is 7.43. The highest BCUT2D eigenvalue weighted by atomic mass is 35.5. The van der Waals surface area contributed by atoms with Gasteiger partial charge in [-0.2, -0.15) is 0 Å². The van der Waals surface area contributed by atoms with Crippen molar-refractivity contribution in [3.8, 4) is 5.75 Å². The van der Waals surface area contributed by atoms with Gasteiger partial charge in [0.1, 0.15) is 12.4 Å². The van der Waals surface area contributed by atoms with Crippen LogP contribution in [0.4, 0.5) is 0 Å². The number of halogens is 1. The van der Waals surface area contributed by atoms with Gasteiger partial charge in [-0.1, -0.05) is 29.8 Å². The van der Waals surface area contributed by atoms with E-state index in [1.807, 2.05) is 18.2 Å². The van der Waals surface area contributed by atoms with E-state index in [1.54, 1.807) is 36.4 Å². The van der Waals surface area contributed by atoms with Gasteiger partial charge in [0, 0.05) is 9.92 Å². The third-order valence-corrected chi connectivity index (χ3v) is 4.34. The van der Waals surface area contributed by atoms with Crippen molar-refractivity contribution in [3.05, 3.63) is 59.6 Å². The van der Waals surface area contributed by atoms with Crippen molar-refractivity contribution in [2.45, 2.75) is 11.0 Å². The molecule has 3 nitrogen and oxygen atoms in total. The second-order valence-electron chi connectivity index (χ2n) is 4.24. The third kappa shape index (κ3) is 4.63. The molecule has 106 valence electrons. The van der Waals surface area contributed by atoms with Crippen LogP contribution in [-0.2, 0) is 10.8 Å². The van der Waals surface area contributed by atoms with Gasteiger partial charge in [0.15, 0.2) is 0 Å². The Hall–Kier alpha value is -1.36. The molecule has 0 aromatic heterocycles. The van der Waals surface area contributed by atoms with E-state index < -0.39 is 16.9 Å². The van der Waals surface area contributed by atoms with Crippen molar-refractivity contribution in [1.82, 2.24) is 0 Å². The summed E-state index contributed by atoms with van der Waals surface area (Å²) in [6, 6.07) is 15.9. The maximum Gasteiger partial charge on any atom is 0.119 e. The maximum atomic E-state index is 12.0. The maximum absolute atomic E-state index is 12.0. The summed E-state index contributed by atoms with van der Waals surface area (Å²) in [7, 11) is -1.23. The van der Waals surface area contributed by atoms with Gasteiger partial charge < -0.3 is 9.84 Å². The lowest BCUT2D eigenvalue weighted by molar-refractivity contribution is 0.125. The molecule has 0 radical (unpaired) electrons. The molecule has 5 heteroatoms. The first-order valence-corrected chi connectivity index (χ1v) is 7.84. The average Bonchev–Trinajstić information content (AvgIpc) is 2.47. The molecular weight excluding hydrogens is 296 g/mol. The first-order chi connectivity index (χ1) is 9.65. The van der Waals surface area contributed by atoms with Gasteiger partial charge in [-0.05, 0) is 36.4 Å². The van der Waals surface area contributed by atoms with Gasteiger partial charge in [0.25, 0.3) is 0 Å². The molecule has 2 aromatic carbocycles. The monoisotopic (exact) mass is 310 g/mol. The summed E-state index contributed by atoms with van der Waals surface area (Å²) < 4.78 is 17.4. The summed E-state index contributed by atoms with van der Waals surface area (Å²) >= 11 is 5.77. The number of benzene rings is 2. The quantitative estimate of drug-likeness (QED) is 0.892. The summed E-state index contributed by atoms with van der Waals surface area (Å²) in [6.45, 7) is 0.0974. The molecule has 0 bridgehead atoms. The molecule has 2 rings (SSSR count). The zero-order valence-corrected chi connectivity index (χ0v) is 12.3. The molecule has 0 aliphatic rings. The van der Waals surface area contributed by atoms with Gasteiger partial charge in [-0.15, -0.1) is 0 Å². The predicted octanol–water partition coefficient (Wildman–Crippen LogP) is 2.89. The van der Waals surface area contributed by atoms with E-state index in [0.29, 0.717) is 15.7 Å². The van der Waals surface area contributed by atoms with E-state index in [9.17, 15) is 9.32 Å². The molecular formula is C15H15ClO3S. The SMILES string of the molecule is O=S(CC(O)COc1ccc(Cl)cc1)c1ccccc1. The van der Waals surface area contributed by atoms with Crippen LogP contribution in [0.2, 0.25) is 5.02 Å². The molecule has 0 aliphatic heterocycles. The molecule has 0 saturated carbocycles. The summed E-state index contributed by atoms with van der Waals surface area (Å²) in [5.41, 5.74) is 0. The Morgan fingerprint density at radius 2 is 1.75 bits per heavy atom. The van der Waals surface area contributed by atoms with Crippen LogP contribution in [0.25, 0.3) is 0 Å². The van der Waals surface area contributed by atoms with Gasteiger partial charge in [-0.3, -0.25) is 4.21 Å². The molecule has 0 aliphatic carbocycles. The molecule has 0 saturated heterocycles. The fourth-order valence-electron chi connectivity index (χ4n) is 1.61. The minimum atomic E-state index is -1.23. The standard InChI is InChI=1S/C15H15ClO3S/c16-12-6-8-14(9-7-12)19-10-13(17)11-20(18)15-4-2-1-3-5-15/h1-9,13,17H,10-11H2. The fraction of sp³-hybridized carbons (Fsp3) is 0.200. The van der Waals surface area contributed by atoms with Crippen LogP contribution in [0, 0.1) is 0 Å². The lowest BCUT2D eigenvalue weighted by Gasteiger charge is -2.12.